The van der Waals surface area contributed by atoms with E-state index in [2.05, 4.69) is 13.8 Å². The molecular formula is C21H46NO6P. The first-order valence-electron chi connectivity index (χ1n) is 11.6. The van der Waals surface area contributed by atoms with Gasteiger partial charge in [-0.3, -0.25) is 9.05 Å². The number of rotatable bonds is 23. The van der Waals surface area contributed by atoms with Crippen molar-refractivity contribution in [2.75, 3.05) is 39.6 Å². The van der Waals surface area contributed by atoms with Crippen LogP contribution in [0.5, 0.6) is 0 Å². The van der Waals surface area contributed by atoms with Crippen LogP contribution in [0, 0.1) is 0 Å². The fourth-order valence-electron chi connectivity index (χ4n) is 2.89. The summed E-state index contributed by atoms with van der Waals surface area (Å²) < 4.78 is 33.4. The smallest absolute Gasteiger partial charge is 0.379 e. The van der Waals surface area contributed by atoms with Gasteiger partial charge in [0.2, 0.25) is 0 Å². The highest BCUT2D eigenvalue weighted by Crippen LogP contribution is 2.44. The number of hydrogen-bond donors (Lipinski definition) is 2. The summed E-state index contributed by atoms with van der Waals surface area (Å²) in [5.74, 6) is 0. The van der Waals surface area contributed by atoms with Gasteiger partial charge < -0.3 is 20.1 Å². The molecule has 176 valence electrons. The van der Waals surface area contributed by atoms with E-state index in [0.717, 1.165) is 25.7 Å². The van der Waals surface area contributed by atoms with Gasteiger partial charge >= 0.3 is 7.82 Å². The molecule has 0 aromatic carbocycles. The summed E-state index contributed by atoms with van der Waals surface area (Å²) in [6.45, 7) is 6.18. The van der Waals surface area contributed by atoms with E-state index in [9.17, 15) is 9.46 Å². The van der Waals surface area contributed by atoms with E-state index in [4.69, 9.17) is 24.3 Å². The van der Waals surface area contributed by atoms with Crippen LogP contribution >= 0.6 is 7.82 Å². The van der Waals surface area contributed by atoms with E-state index in [-0.39, 0.29) is 26.4 Å². The van der Waals surface area contributed by atoms with Crippen LogP contribution in [0.3, 0.4) is 0 Å². The molecule has 0 radical (unpaired) electrons. The van der Waals surface area contributed by atoms with Crippen LogP contribution in [0.4, 0.5) is 0 Å². The van der Waals surface area contributed by atoms with E-state index in [1.54, 1.807) is 0 Å². The van der Waals surface area contributed by atoms with Crippen LogP contribution < -0.4 is 5.73 Å². The van der Waals surface area contributed by atoms with Gasteiger partial charge in [-0.1, -0.05) is 78.1 Å². The first-order valence-corrected chi connectivity index (χ1v) is 13.1. The third-order valence-corrected chi connectivity index (χ3v) is 5.62. The third-order valence-electron chi connectivity index (χ3n) is 4.55. The van der Waals surface area contributed by atoms with Crippen molar-refractivity contribution >= 4 is 7.82 Å². The van der Waals surface area contributed by atoms with Crippen molar-refractivity contribution in [3.63, 3.8) is 0 Å². The molecule has 0 aliphatic carbocycles. The maximum atomic E-state index is 12.0. The van der Waals surface area contributed by atoms with Crippen LogP contribution in [0.25, 0.3) is 0 Å². The fourth-order valence-corrected chi connectivity index (χ4v) is 3.79. The molecule has 0 saturated heterocycles. The Morgan fingerprint density at radius 3 is 1.66 bits per heavy atom. The SMILES string of the molecule is CCCCCCCCOCC(COCCCCCCCC)OP(=O)(O)OCCN. The van der Waals surface area contributed by atoms with Crippen molar-refractivity contribution in [1.82, 2.24) is 0 Å². The molecule has 0 fully saturated rings. The van der Waals surface area contributed by atoms with E-state index in [0.29, 0.717) is 13.2 Å². The normalized spacial score (nSPS) is 13.8. The summed E-state index contributed by atoms with van der Waals surface area (Å²) in [6, 6.07) is 0. The summed E-state index contributed by atoms with van der Waals surface area (Å²) in [5, 5.41) is 0. The Morgan fingerprint density at radius 2 is 1.21 bits per heavy atom. The molecule has 1 unspecified atom stereocenters. The molecule has 3 N–H and O–H groups in total. The Bertz CT molecular complexity index is 366. The van der Waals surface area contributed by atoms with Crippen molar-refractivity contribution < 1.29 is 28.0 Å². The first-order chi connectivity index (χ1) is 14.1. The molecule has 0 aliphatic rings. The van der Waals surface area contributed by atoms with Crippen molar-refractivity contribution in [2.45, 2.75) is 97.0 Å². The van der Waals surface area contributed by atoms with Crippen molar-refractivity contribution in [1.29, 1.82) is 0 Å². The van der Waals surface area contributed by atoms with Crippen LogP contribution in [0.1, 0.15) is 90.9 Å². The number of ether oxygens (including phenoxy) is 2. The Kier molecular flexibility index (Phi) is 21.2. The fraction of sp³-hybridized carbons (Fsp3) is 1.00. The zero-order valence-electron chi connectivity index (χ0n) is 18.8. The van der Waals surface area contributed by atoms with Crippen LogP contribution in [-0.2, 0) is 23.1 Å². The summed E-state index contributed by atoms with van der Waals surface area (Å²) in [7, 11) is -4.15. The van der Waals surface area contributed by atoms with Gasteiger partial charge in [-0.05, 0) is 12.8 Å². The predicted molar refractivity (Wildman–Crippen MR) is 118 cm³/mol. The van der Waals surface area contributed by atoms with Crippen molar-refractivity contribution in [3.8, 4) is 0 Å². The monoisotopic (exact) mass is 439 g/mol. The van der Waals surface area contributed by atoms with E-state index < -0.39 is 13.9 Å². The molecule has 0 saturated carbocycles. The number of phosphoric ester groups is 1. The zero-order valence-corrected chi connectivity index (χ0v) is 19.7. The van der Waals surface area contributed by atoms with Crippen molar-refractivity contribution in [3.05, 3.63) is 0 Å². The maximum Gasteiger partial charge on any atom is 0.472 e. The molecule has 0 aromatic heterocycles. The van der Waals surface area contributed by atoms with Crippen LogP contribution in [0.2, 0.25) is 0 Å². The van der Waals surface area contributed by atoms with Crippen LogP contribution in [-0.4, -0.2) is 50.6 Å². The summed E-state index contributed by atoms with van der Waals surface area (Å²) >= 11 is 0. The molecule has 0 heterocycles. The number of nitrogens with two attached hydrogens (primary N) is 1. The van der Waals surface area contributed by atoms with Gasteiger partial charge in [-0.2, -0.15) is 0 Å². The zero-order chi connectivity index (χ0) is 21.6. The molecule has 0 aliphatic heterocycles. The van der Waals surface area contributed by atoms with E-state index >= 15 is 0 Å². The van der Waals surface area contributed by atoms with Gasteiger partial charge in [0.15, 0.2) is 0 Å². The standard InChI is InChI=1S/C21H46NO6P/c1-3-5-7-9-11-13-16-25-19-21(28-29(23,24)27-18-15-22)20-26-17-14-12-10-8-6-4-2/h21H,3-20,22H2,1-2H3,(H,23,24). The average Bonchev–Trinajstić information content (AvgIpc) is 2.70. The molecule has 0 amide bonds. The molecule has 0 spiro atoms. The highest BCUT2D eigenvalue weighted by Gasteiger charge is 2.26. The molecule has 29 heavy (non-hydrogen) atoms. The highest BCUT2D eigenvalue weighted by molar-refractivity contribution is 7.47. The molecule has 7 nitrogen and oxygen atoms in total. The number of phosphoric acid groups is 1. The minimum Gasteiger partial charge on any atom is -0.379 e. The molecule has 1 atom stereocenters. The van der Waals surface area contributed by atoms with Gasteiger partial charge in [-0.25, -0.2) is 4.57 Å². The lowest BCUT2D eigenvalue weighted by molar-refractivity contribution is -0.0233. The molecule has 0 aromatic rings. The van der Waals surface area contributed by atoms with Gasteiger partial charge in [0.1, 0.15) is 6.10 Å². The average molecular weight is 440 g/mol. The molecule has 8 heteroatoms. The van der Waals surface area contributed by atoms with Crippen LogP contribution in [0.15, 0.2) is 0 Å². The molecule has 0 bridgehead atoms. The predicted octanol–water partition coefficient (Wildman–Crippen LogP) is 5.20. The topological polar surface area (TPSA) is 100 Å². The highest BCUT2D eigenvalue weighted by atomic mass is 31.2. The van der Waals surface area contributed by atoms with Crippen molar-refractivity contribution in [2.24, 2.45) is 5.73 Å². The Morgan fingerprint density at radius 1 is 0.759 bits per heavy atom. The van der Waals surface area contributed by atoms with Gasteiger partial charge in [0, 0.05) is 19.8 Å². The maximum absolute atomic E-state index is 12.0. The Balaban J connectivity index is 4.08. The summed E-state index contributed by atoms with van der Waals surface area (Å²) in [4.78, 5) is 9.81. The Hall–Kier alpha value is -0.0100. The molecular weight excluding hydrogens is 393 g/mol. The lowest BCUT2D eigenvalue weighted by atomic mass is 10.1. The second-order valence-electron chi connectivity index (χ2n) is 7.50. The molecule has 0 rings (SSSR count). The van der Waals surface area contributed by atoms with Gasteiger partial charge in [0.25, 0.3) is 0 Å². The van der Waals surface area contributed by atoms with Gasteiger partial charge in [-0.15, -0.1) is 0 Å². The second kappa shape index (κ2) is 21.2. The quantitative estimate of drug-likeness (QED) is 0.167. The second-order valence-corrected chi connectivity index (χ2v) is 8.91. The lowest BCUT2D eigenvalue weighted by Gasteiger charge is -2.21. The lowest BCUT2D eigenvalue weighted by Crippen LogP contribution is -2.26. The largest absolute Gasteiger partial charge is 0.472 e. The Labute approximate surface area is 178 Å². The number of unbranched alkanes of at least 4 members (excludes halogenated alkanes) is 10. The minimum absolute atomic E-state index is 0.0300. The third kappa shape index (κ3) is 21.0. The minimum atomic E-state index is -4.15. The summed E-state index contributed by atoms with van der Waals surface area (Å²) in [6.07, 6.45) is 13.6. The number of hydrogen-bond acceptors (Lipinski definition) is 6. The first kappa shape index (κ1) is 29.0. The van der Waals surface area contributed by atoms with E-state index in [1.165, 1.54) is 51.4 Å². The summed E-state index contributed by atoms with van der Waals surface area (Å²) in [5.41, 5.74) is 5.32. The van der Waals surface area contributed by atoms with Gasteiger partial charge in [0.05, 0.1) is 19.8 Å². The van der Waals surface area contributed by atoms with E-state index in [1.807, 2.05) is 0 Å².